The van der Waals surface area contributed by atoms with Crippen molar-refractivity contribution in [2.75, 3.05) is 5.32 Å². The van der Waals surface area contributed by atoms with Crippen LogP contribution in [0, 0.1) is 13.8 Å². The number of aromatic nitrogens is 3. The Morgan fingerprint density at radius 2 is 2.04 bits per heavy atom. The summed E-state index contributed by atoms with van der Waals surface area (Å²) in [5.41, 5.74) is 5.13. The Hall–Kier alpha value is -3.12. The van der Waals surface area contributed by atoms with Gasteiger partial charge in [-0.25, -0.2) is 9.97 Å². The third-order valence-corrected chi connectivity index (χ3v) is 4.22. The highest BCUT2D eigenvalue weighted by atomic mass is 35.5. The molecule has 3 heterocycles. The number of fused-ring (bicyclic) bond motifs is 1. The minimum absolute atomic E-state index is 0.153. The third kappa shape index (κ3) is 3.07. The molecule has 4 aromatic rings. The Morgan fingerprint density at radius 3 is 2.81 bits per heavy atom. The van der Waals surface area contributed by atoms with Crippen LogP contribution in [-0.4, -0.2) is 20.9 Å². The van der Waals surface area contributed by atoms with Crippen molar-refractivity contribution in [1.29, 1.82) is 0 Å². The highest BCUT2D eigenvalue weighted by Crippen LogP contribution is 2.27. The highest BCUT2D eigenvalue weighted by molar-refractivity contribution is 6.29. The maximum absolute atomic E-state index is 12.2. The fourth-order valence-corrected chi connectivity index (χ4v) is 2.86. The van der Waals surface area contributed by atoms with Gasteiger partial charge in [0, 0.05) is 17.4 Å². The second-order valence-electron chi connectivity index (χ2n) is 6.06. The van der Waals surface area contributed by atoms with Crippen LogP contribution >= 0.6 is 11.6 Å². The molecule has 26 heavy (non-hydrogen) atoms. The lowest BCUT2D eigenvalue weighted by Gasteiger charge is -2.08. The molecule has 0 aliphatic rings. The van der Waals surface area contributed by atoms with Gasteiger partial charge in [-0.3, -0.25) is 4.79 Å². The van der Waals surface area contributed by atoms with Gasteiger partial charge >= 0.3 is 0 Å². The van der Waals surface area contributed by atoms with Crippen LogP contribution in [0.1, 0.15) is 21.7 Å². The zero-order chi connectivity index (χ0) is 18.3. The van der Waals surface area contributed by atoms with Crippen molar-refractivity contribution in [1.82, 2.24) is 15.0 Å². The van der Waals surface area contributed by atoms with E-state index in [-0.39, 0.29) is 16.9 Å². The molecule has 0 radical (unpaired) electrons. The van der Waals surface area contributed by atoms with Crippen LogP contribution in [0.3, 0.4) is 0 Å². The van der Waals surface area contributed by atoms with E-state index in [0.29, 0.717) is 17.2 Å². The zero-order valence-electron chi connectivity index (χ0n) is 14.1. The Kier molecular flexibility index (Phi) is 3.97. The number of carbonyl (C=O) groups excluding carboxylic acids is 1. The predicted octanol–water partition coefficient (Wildman–Crippen LogP) is 4.74. The highest BCUT2D eigenvalue weighted by Gasteiger charge is 2.14. The van der Waals surface area contributed by atoms with Crippen LogP contribution in [0.2, 0.25) is 5.22 Å². The molecule has 0 saturated carbocycles. The summed E-state index contributed by atoms with van der Waals surface area (Å²) >= 11 is 5.72. The summed E-state index contributed by atoms with van der Waals surface area (Å²) in [4.78, 5) is 24.4. The summed E-state index contributed by atoms with van der Waals surface area (Å²) in [5, 5.41) is 2.97. The first-order valence-corrected chi connectivity index (χ1v) is 8.37. The van der Waals surface area contributed by atoms with Crippen LogP contribution in [0.15, 0.2) is 47.0 Å². The first-order chi connectivity index (χ1) is 12.5. The van der Waals surface area contributed by atoms with Gasteiger partial charge in [0.05, 0.1) is 5.52 Å². The maximum Gasteiger partial charge on any atom is 0.291 e. The van der Waals surface area contributed by atoms with E-state index in [2.05, 4.69) is 20.3 Å². The van der Waals surface area contributed by atoms with E-state index < -0.39 is 0 Å². The van der Waals surface area contributed by atoms with E-state index in [1.165, 1.54) is 12.1 Å². The SMILES string of the molecule is Cc1cnc2nc(-c3cc(NC(=O)c4ccc(Cl)o4)ccc3C)[nH]c2c1. The van der Waals surface area contributed by atoms with E-state index >= 15 is 0 Å². The van der Waals surface area contributed by atoms with Crippen LogP contribution in [0.5, 0.6) is 0 Å². The number of halogens is 1. The molecule has 130 valence electrons. The second kappa shape index (κ2) is 6.31. The van der Waals surface area contributed by atoms with Crippen LogP contribution in [0.25, 0.3) is 22.6 Å². The van der Waals surface area contributed by atoms with Gasteiger partial charge in [-0.15, -0.1) is 0 Å². The quantitative estimate of drug-likeness (QED) is 0.548. The predicted molar refractivity (Wildman–Crippen MR) is 100 cm³/mol. The standard InChI is InChI=1S/C19H15ClN4O2/c1-10-7-14-18(21-9-10)24-17(23-14)13-8-12(4-3-11(13)2)22-19(25)15-5-6-16(20)26-15/h3-9H,1-2H3,(H,22,25)(H,21,23,24). The minimum atomic E-state index is -0.367. The van der Waals surface area contributed by atoms with Crippen molar-refractivity contribution in [3.05, 3.63) is 64.7 Å². The molecule has 0 saturated heterocycles. The molecule has 6 nitrogen and oxygen atoms in total. The normalized spacial score (nSPS) is 11.0. The number of imidazole rings is 1. The lowest BCUT2D eigenvalue weighted by atomic mass is 10.1. The van der Waals surface area contributed by atoms with Crippen LogP contribution in [-0.2, 0) is 0 Å². The van der Waals surface area contributed by atoms with Gasteiger partial charge < -0.3 is 14.7 Å². The number of benzene rings is 1. The number of nitrogens with zero attached hydrogens (tertiary/aromatic N) is 2. The largest absolute Gasteiger partial charge is 0.440 e. The Labute approximate surface area is 154 Å². The Bertz CT molecular complexity index is 1130. The topological polar surface area (TPSA) is 83.8 Å². The number of amides is 1. The molecule has 1 amide bonds. The van der Waals surface area contributed by atoms with E-state index in [9.17, 15) is 4.79 Å². The monoisotopic (exact) mass is 366 g/mol. The summed E-state index contributed by atoms with van der Waals surface area (Å²) < 4.78 is 5.13. The number of H-pyrrole nitrogens is 1. The first kappa shape index (κ1) is 16.4. The minimum Gasteiger partial charge on any atom is -0.440 e. The lowest BCUT2D eigenvalue weighted by molar-refractivity contribution is 0.0997. The molecular weight excluding hydrogens is 352 g/mol. The molecular formula is C19H15ClN4O2. The Morgan fingerprint density at radius 1 is 1.19 bits per heavy atom. The number of rotatable bonds is 3. The van der Waals surface area contributed by atoms with E-state index in [1.807, 2.05) is 38.1 Å². The van der Waals surface area contributed by atoms with Crippen molar-refractivity contribution in [2.45, 2.75) is 13.8 Å². The molecule has 0 spiro atoms. The molecule has 0 bridgehead atoms. The molecule has 4 rings (SSSR count). The first-order valence-electron chi connectivity index (χ1n) is 8.00. The summed E-state index contributed by atoms with van der Waals surface area (Å²) in [7, 11) is 0. The van der Waals surface area contributed by atoms with Crippen LogP contribution < -0.4 is 5.32 Å². The van der Waals surface area contributed by atoms with Crippen LogP contribution in [0.4, 0.5) is 5.69 Å². The van der Waals surface area contributed by atoms with Crippen molar-refractivity contribution in [3.63, 3.8) is 0 Å². The average Bonchev–Trinajstić information content (AvgIpc) is 3.22. The number of furan rings is 1. The van der Waals surface area contributed by atoms with E-state index in [1.54, 1.807) is 6.20 Å². The molecule has 3 aromatic heterocycles. The lowest BCUT2D eigenvalue weighted by Crippen LogP contribution is -2.11. The van der Waals surface area contributed by atoms with Gasteiger partial charge in [0.15, 0.2) is 16.6 Å². The molecule has 2 N–H and O–H groups in total. The molecule has 0 aliphatic carbocycles. The molecule has 7 heteroatoms. The fourth-order valence-electron chi connectivity index (χ4n) is 2.72. The van der Waals surface area contributed by atoms with Crippen molar-refractivity contribution >= 4 is 34.4 Å². The molecule has 1 aromatic carbocycles. The van der Waals surface area contributed by atoms with E-state index in [0.717, 1.165) is 22.2 Å². The van der Waals surface area contributed by atoms with Crippen molar-refractivity contribution < 1.29 is 9.21 Å². The van der Waals surface area contributed by atoms with Gasteiger partial charge in [-0.1, -0.05) is 6.07 Å². The average molecular weight is 367 g/mol. The number of anilines is 1. The number of hydrogen-bond acceptors (Lipinski definition) is 4. The molecule has 0 fully saturated rings. The molecule has 0 atom stereocenters. The second-order valence-corrected chi connectivity index (χ2v) is 6.43. The number of aromatic amines is 1. The summed E-state index contributed by atoms with van der Waals surface area (Å²) in [6.45, 7) is 3.97. The summed E-state index contributed by atoms with van der Waals surface area (Å²) in [5.74, 6) is 0.488. The zero-order valence-corrected chi connectivity index (χ0v) is 14.9. The summed E-state index contributed by atoms with van der Waals surface area (Å²) in [6.07, 6.45) is 1.78. The summed E-state index contributed by atoms with van der Waals surface area (Å²) in [6, 6.07) is 10.7. The number of pyridine rings is 1. The number of nitrogens with one attached hydrogen (secondary N) is 2. The van der Waals surface area contributed by atoms with Gasteiger partial charge in [0.1, 0.15) is 5.82 Å². The molecule has 0 aliphatic heterocycles. The number of aryl methyl sites for hydroxylation is 2. The maximum atomic E-state index is 12.2. The van der Waals surface area contributed by atoms with Crippen molar-refractivity contribution in [2.24, 2.45) is 0 Å². The van der Waals surface area contributed by atoms with E-state index in [4.69, 9.17) is 16.0 Å². The van der Waals surface area contributed by atoms with Gasteiger partial charge in [-0.05, 0) is 66.9 Å². The Balaban J connectivity index is 1.68. The van der Waals surface area contributed by atoms with Gasteiger partial charge in [-0.2, -0.15) is 0 Å². The smallest absolute Gasteiger partial charge is 0.291 e. The molecule has 0 unspecified atom stereocenters. The fraction of sp³-hybridized carbons (Fsp3) is 0.105. The van der Waals surface area contributed by atoms with Crippen molar-refractivity contribution in [3.8, 4) is 11.4 Å². The number of hydrogen-bond donors (Lipinski definition) is 2. The van der Waals surface area contributed by atoms with Gasteiger partial charge in [0.25, 0.3) is 5.91 Å². The van der Waals surface area contributed by atoms with Gasteiger partial charge in [0.2, 0.25) is 0 Å². The number of carbonyl (C=O) groups is 1. The third-order valence-electron chi connectivity index (χ3n) is 4.02.